The molecule has 0 radical (unpaired) electrons. The van der Waals surface area contributed by atoms with Crippen LogP contribution in [-0.2, 0) is 13.2 Å². The first-order valence-corrected chi connectivity index (χ1v) is 7.19. The summed E-state index contributed by atoms with van der Waals surface area (Å²) in [6.45, 7) is 0.846. The summed E-state index contributed by atoms with van der Waals surface area (Å²) < 4.78 is 6.52. The molecule has 0 atom stereocenters. The van der Waals surface area contributed by atoms with Gasteiger partial charge in [-0.05, 0) is 24.7 Å². The van der Waals surface area contributed by atoms with Crippen LogP contribution in [0, 0.1) is 10.1 Å². The lowest BCUT2D eigenvalue weighted by molar-refractivity contribution is -0.386. The van der Waals surface area contributed by atoms with Crippen LogP contribution in [0.25, 0.3) is 0 Å². The van der Waals surface area contributed by atoms with Gasteiger partial charge in [-0.2, -0.15) is 0 Å². The number of hydrogen-bond acceptors (Lipinski definition) is 4. The molecule has 0 aliphatic carbocycles. The van der Waals surface area contributed by atoms with Gasteiger partial charge in [0.25, 0.3) is 0 Å². The molecule has 0 spiro atoms. The van der Waals surface area contributed by atoms with E-state index in [2.05, 4.69) is 21.2 Å². The van der Waals surface area contributed by atoms with Crippen molar-refractivity contribution < 1.29 is 9.66 Å². The lowest BCUT2D eigenvalue weighted by Crippen LogP contribution is -2.06. The molecular formula is C15H15BrN2O3. The van der Waals surface area contributed by atoms with Gasteiger partial charge in [0.05, 0.1) is 4.92 Å². The summed E-state index contributed by atoms with van der Waals surface area (Å²) in [5.74, 6) is 0.274. The molecule has 0 amide bonds. The van der Waals surface area contributed by atoms with Crippen LogP contribution in [0.4, 0.5) is 5.69 Å². The number of halogens is 1. The van der Waals surface area contributed by atoms with E-state index in [0.717, 1.165) is 15.6 Å². The van der Waals surface area contributed by atoms with E-state index in [-0.39, 0.29) is 18.0 Å². The van der Waals surface area contributed by atoms with Crippen LogP contribution in [0.2, 0.25) is 0 Å². The minimum atomic E-state index is -0.422. The normalized spacial score (nSPS) is 10.4. The summed E-state index contributed by atoms with van der Waals surface area (Å²) in [6, 6.07) is 12.6. The van der Waals surface area contributed by atoms with Crippen LogP contribution in [0.3, 0.4) is 0 Å². The van der Waals surface area contributed by atoms with Gasteiger partial charge in [-0.3, -0.25) is 10.1 Å². The molecule has 21 heavy (non-hydrogen) atoms. The summed E-state index contributed by atoms with van der Waals surface area (Å²) in [6.07, 6.45) is 0. The van der Waals surface area contributed by atoms with Crippen LogP contribution in [0.15, 0.2) is 46.9 Å². The van der Waals surface area contributed by atoms with Gasteiger partial charge in [-0.25, -0.2) is 0 Å². The predicted octanol–water partition coefficient (Wildman–Crippen LogP) is 3.66. The van der Waals surface area contributed by atoms with Crippen LogP contribution in [-0.4, -0.2) is 12.0 Å². The zero-order valence-corrected chi connectivity index (χ0v) is 13.1. The molecule has 0 saturated carbocycles. The Hall–Kier alpha value is -1.92. The van der Waals surface area contributed by atoms with Crippen molar-refractivity contribution in [3.8, 4) is 5.75 Å². The monoisotopic (exact) mass is 350 g/mol. The summed E-state index contributed by atoms with van der Waals surface area (Å²) in [7, 11) is 1.79. The molecule has 110 valence electrons. The van der Waals surface area contributed by atoms with Crippen molar-refractivity contribution in [1.82, 2.24) is 5.32 Å². The third-order valence-electron chi connectivity index (χ3n) is 2.94. The zero-order valence-electron chi connectivity index (χ0n) is 11.5. The molecule has 0 saturated heterocycles. The highest BCUT2D eigenvalue weighted by molar-refractivity contribution is 9.10. The van der Waals surface area contributed by atoms with Gasteiger partial charge < -0.3 is 10.1 Å². The van der Waals surface area contributed by atoms with Crippen LogP contribution in [0.1, 0.15) is 11.1 Å². The molecule has 0 fully saturated rings. The highest BCUT2D eigenvalue weighted by Crippen LogP contribution is 2.29. The van der Waals surface area contributed by atoms with E-state index in [4.69, 9.17) is 4.74 Å². The first kappa shape index (κ1) is 15.5. The van der Waals surface area contributed by atoms with Crippen molar-refractivity contribution in [2.75, 3.05) is 7.05 Å². The molecule has 0 bridgehead atoms. The molecule has 0 aliphatic rings. The largest absolute Gasteiger partial charge is 0.482 e. The minimum Gasteiger partial charge on any atom is -0.482 e. The fraction of sp³-hybridized carbons (Fsp3) is 0.200. The van der Waals surface area contributed by atoms with Gasteiger partial charge in [0.15, 0.2) is 5.75 Å². The Morgan fingerprint density at radius 1 is 1.29 bits per heavy atom. The van der Waals surface area contributed by atoms with Gasteiger partial charge in [0.2, 0.25) is 0 Å². The van der Waals surface area contributed by atoms with Crippen LogP contribution in [0.5, 0.6) is 5.75 Å². The third kappa shape index (κ3) is 4.03. The second-order valence-electron chi connectivity index (χ2n) is 4.47. The first-order chi connectivity index (χ1) is 10.1. The number of hydrogen-bond donors (Lipinski definition) is 1. The number of ether oxygens (including phenoxy) is 1. The molecule has 0 heterocycles. The number of rotatable bonds is 6. The van der Waals surface area contributed by atoms with E-state index in [1.54, 1.807) is 13.1 Å². The predicted molar refractivity (Wildman–Crippen MR) is 84.3 cm³/mol. The number of nitro groups is 1. The Balaban J connectivity index is 2.19. The standard InChI is InChI=1S/C15H15BrN2O3/c1-17-9-11-6-7-15(14(8-11)18(19)20)21-10-12-4-2-3-5-13(12)16/h2-8,17H,9-10H2,1H3. The Morgan fingerprint density at radius 3 is 2.71 bits per heavy atom. The molecule has 2 rings (SSSR count). The number of nitrogens with one attached hydrogen (secondary N) is 1. The van der Waals surface area contributed by atoms with E-state index >= 15 is 0 Å². The maximum Gasteiger partial charge on any atom is 0.311 e. The van der Waals surface area contributed by atoms with Gasteiger partial charge in [0, 0.05) is 22.6 Å². The van der Waals surface area contributed by atoms with Crippen LogP contribution < -0.4 is 10.1 Å². The molecule has 1 N–H and O–H groups in total. The summed E-state index contributed by atoms with van der Waals surface area (Å²) in [5, 5.41) is 14.1. The second kappa shape index (κ2) is 7.19. The molecule has 2 aromatic rings. The first-order valence-electron chi connectivity index (χ1n) is 6.40. The smallest absolute Gasteiger partial charge is 0.311 e. The van der Waals surface area contributed by atoms with Crippen molar-refractivity contribution in [2.24, 2.45) is 0 Å². The van der Waals surface area contributed by atoms with Crippen LogP contribution >= 0.6 is 15.9 Å². The molecule has 2 aromatic carbocycles. The summed E-state index contributed by atoms with van der Waals surface area (Å²) in [5.41, 5.74) is 1.76. The van der Waals surface area contributed by atoms with Crippen molar-refractivity contribution in [3.05, 3.63) is 68.2 Å². The fourth-order valence-corrected chi connectivity index (χ4v) is 2.31. The second-order valence-corrected chi connectivity index (χ2v) is 5.32. The van der Waals surface area contributed by atoms with E-state index in [0.29, 0.717) is 6.54 Å². The number of benzene rings is 2. The van der Waals surface area contributed by atoms with Gasteiger partial charge in [0.1, 0.15) is 6.61 Å². The SMILES string of the molecule is CNCc1ccc(OCc2ccccc2Br)c([N+](=O)[O-])c1. The lowest BCUT2D eigenvalue weighted by atomic mass is 10.2. The minimum absolute atomic E-state index is 0.0187. The average Bonchev–Trinajstić information content (AvgIpc) is 2.47. The Bertz CT molecular complexity index is 647. The average molecular weight is 351 g/mol. The Morgan fingerprint density at radius 2 is 2.05 bits per heavy atom. The van der Waals surface area contributed by atoms with Gasteiger partial charge in [-0.1, -0.05) is 40.2 Å². The zero-order chi connectivity index (χ0) is 15.2. The van der Waals surface area contributed by atoms with Gasteiger partial charge in [-0.15, -0.1) is 0 Å². The quantitative estimate of drug-likeness (QED) is 0.637. The highest BCUT2D eigenvalue weighted by Gasteiger charge is 2.16. The molecule has 5 nitrogen and oxygen atoms in total. The molecule has 0 aliphatic heterocycles. The van der Waals surface area contributed by atoms with E-state index in [9.17, 15) is 10.1 Å². The number of nitrogens with zero attached hydrogens (tertiary/aromatic N) is 1. The van der Waals surface area contributed by atoms with E-state index in [1.165, 1.54) is 6.07 Å². The van der Waals surface area contributed by atoms with E-state index < -0.39 is 4.92 Å². The highest BCUT2D eigenvalue weighted by atomic mass is 79.9. The molecular weight excluding hydrogens is 336 g/mol. The fourth-order valence-electron chi connectivity index (χ4n) is 1.91. The maximum absolute atomic E-state index is 11.2. The molecule has 6 heteroatoms. The topological polar surface area (TPSA) is 64.4 Å². The number of nitro benzene ring substituents is 1. The summed E-state index contributed by atoms with van der Waals surface area (Å²) >= 11 is 3.43. The Kier molecular flexibility index (Phi) is 5.30. The van der Waals surface area contributed by atoms with Crippen molar-refractivity contribution >= 4 is 21.6 Å². The third-order valence-corrected chi connectivity index (χ3v) is 3.72. The Labute approximate surface area is 131 Å². The van der Waals surface area contributed by atoms with Crippen molar-refractivity contribution in [1.29, 1.82) is 0 Å². The molecule has 0 aromatic heterocycles. The summed E-state index contributed by atoms with van der Waals surface area (Å²) in [4.78, 5) is 10.7. The van der Waals surface area contributed by atoms with E-state index in [1.807, 2.05) is 30.3 Å². The molecule has 0 unspecified atom stereocenters. The van der Waals surface area contributed by atoms with Crippen molar-refractivity contribution in [2.45, 2.75) is 13.2 Å². The van der Waals surface area contributed by atoms with Crippen molar-refractivity contribution in [3.63, 3.8) is 0 Å². The van der Waals surface area contributed by atoms with Gasteiger partial charge >= 0.3 is 5.69 Å². The maximum atomic E-state index is 11.2. The lowest BCUT2D eigenvalue weighted by Gasteiger charge is -2.09.